The first-order chi connectivity index (χ1) is 14.7. The summed E-state index contributed by atoms with van der Waals surface area (Å²) in [5.41, 5.74) is 3.05. The van der Waals surface area contributed by atoms with Crippen LogP contribution in [-0.2, 0) is 22.9 Å². The molecule has 0 fully saturated rings. The predicted molar refractivity (Wildman–Crippen MR) is 129 cm³/mol. The maximum absolute atomic E-state index is 11.8. The SMILES string of the molecule is CCNC(=NCc1ccc(S(C)(=O)=O)c(C)c1)NCCC(C)N(C)Cc1ccccc1. The maximum atomic E-state index is 11.8. The molecule has 0 aromatic heterocycles. The van der Waals surface area contributed by atoms with Gasteiger partial charge in [0.05, 0.1) is 11.4 Å². The molecule has 2 N–H and O–H groups in total. The van der Waals surface area contributed by atoms with E-state index in [-0.39, 0.29) is 0 Å². The molecule has 7 heteroatoms. The second-order valence-corrected chi connectivity index (χ2v) is 10.0. The fraction of sp³-hybridized carbons (Fsp3) is 0.458. The van der Waals surface area contributed by atoms with Crippen molar-refractivity contribution in [1.82, 2.24) is 15.5 Å². The van der Waals surface area contributed by atoms with Crippen LogP contribution in [0.25, 0.3) is 0 Å². The van der Waals surface area contributed by atoms with Crippen molar-refractivity contribution in [2.75, 3.05) is 26.4 Å². The van der Waals surface area contributed by atoms with Gasteiger partial charge in [-0.3, -0.25) is 4.90 Å². The van der Waals surface area contributed by atoms with Crippen LogP contribution in [0.15, 0.2) is 58.4 Å². The van der Waals surface area contributed by atoms with Crippen molar-refractivity contribution in [3.63, 3.8) is 0 Å². The summed E-state index contributed by atoms with van der Waals surface area (Å²) in [6, 6.07) is 16.3. The molecule has 1 atom stereocenters. The number of aryl methyl sites for hydroxylation is 1. The van der Waals surface area contributed by atoms with Gasteiger partial charge in [-0.05, 0) is 57.0 Å². The highest BCUT2D eigenvalue weighted by Gasteiger charge is 2.11. The van der Waals surface area contributed by atoms with Gasteiger partial charge in [0, 0.05) is 31.9 Å². The Morgan fingerprint density at radius 1 is 1.10 bits per heavy atom. The number of sulfone groups is 1. The molecule has 0 aliphatic carbocycles. The Morgan fingerprint density at radius 3 is 2.42 bits per heavy atom. The Bertz CT molecular complexity index is 959. The van der Waals surface area contributed by atoms with Crippen molar-refractivity contribution in [1.29, 1.82) is 0 Å². The summed E-state index contributed by atoms with van der Waals surface area (Å²) in [5, 5.41) is 6.68. The summed E-state index contributed by atoms with van der Waals surface area (Å²) in [7, 11) is -1.05. The zero-order valence-electron chi connectivity index (χ0n) is 19.4. The zero-order valence-corrected chi connectivity index (χ0v) is 20.2. The molecule has 2 aromatic rings. The first-order valence-electron chi connectivity index (χ1n) is 10.8. The maximum Gasteiger partial charge on any atom is 0.191 e. The van der Waals surface area contributed by atoms with Gasteiger partial charge in [-0.1, -0.05) is 42.5 Å². The van der Waals surface area contributed by atoms with E-state index in [4.69, 9.17) is 0 Å². The number of guanidine groups is 1. The molecule has 0 spiro atoms. The molecule has 0 bridgehead atoms. The number of nitrogens with one attached hydrogen (secondary N) is 2. The van der Waals surface area contributed by atoms with Crippen molar-refractivity contribution >= 4 is 15.8 Å². The number of rotatable bonds is 10. The highest BCUT2D eigenvalue weighted by Crippen LogP contribution is 2.17. The lowest BCUT2D eigenvalue weighted by Gasteiger charge is -2.25. The third-order valence-corrected chi connectivity index (χ3v) is 6.54. The van der Waals surface area contributed by atoms with Crippen LogP contribution >= 0.6 is 0 Å². The van der Waals surface area contributed by atoms with Crippen LogP contribution in [0.3, 0.4) is 0 Å². The average Bonchev–Trinajstić information content (AvgIpc) is 2.71. The molecule has 0 aliphatic heterocycles. The summed E-state index contributed by atoms with van der Waals surface area (Å²) >= 11 is 0. The van der Waals surface area contributed by atoms with E-state index >= 15 is 0 Å². The van der Waals surface area contributed by atoms with E-state index in [2.05, 4.69) is 58.8 Å². The molecule has 6 nitrogen and oxygen atoms in total. The van der Waals surface area contributed by atoms with E-state index in [1.165, 1.54) is 11.8 Å². The van der Waals surface area contributed by atoms with Crippen molar-refractivity contribution in [3.05, 3.63) is 65.2 Å². The third-order valence-electron chi connectivity index (χ3n) is 5.28. The minimum absolute atomic E-state index is 0.374. The number of hydrogen-bond donors (Lipinski definition) is 2. The summed E-state index contributed by atoms with van der Waals surface area (Å²) in [6.45, 7) is 9.11. The quantitative estimate of drug-likeness (QED) is 0.434. The Balaban J connectivity index is 1.89. The summed E-state index contributed by atoms with van der Waals surface area (Å²) < 4.78 is 23.6. The molecule has 0 heterocycles. The van der Waals surface area contributed by atoms with E-state index in [9.17, 15) is 8.42 Å². The third kappa shape index (κ3) is 8.34. The molecular formula is C24H36N4O2S. The topological polar surface area (TPSA) is 73.8 Å². The van der Waals surface area contributed by atoms with Gasteiger partial charge in [0.2, 0.25) is 0 Å². The highest BCUT2D eigenvalue weighted by atomic mass is 32.2. The Labute approximate surface area is 187 Å². The second kappa shape index (κ2) is 11.9. The lowest BCUT2D eigenvalue weighted by molar-refractivity contribution is 0.238. The largest absolute Gasteiger partial charge is 0.357 e. The van der Waals surface area contributed by atoms with Gasteiger partial charge < -0.3 is 10.6 Å². The number of nitrogens with zero attached hydrogens (tertiary/aromatic N) is 2. The van der Waals surface area contributed by atoms with E-state index in [1.54, 1.807) is 6.07 Å². The van der Waals surface area contributed by atoms with Crippen molar-refractivity contribution in [3.8, 4) is 0 Å². The lowest BCUT2D eigenvalue weighted by atomic mass is 10.1. The van der Waals surface area contributed by atoms with Crippen molar-refractivity contribution in [2.45, 2.75) is 51.2 Å². The van der Waals surface area contributed by atoms with Crippen LogP contribution in [0.1, 0.15) is 37.0 Å². The average molecular weight is 445 g/mol. The van der Waals surface area contributed by atoms with Crippen LogP contribution < -0.4 is 10.6 Å². The summed E-state index contributed by atoms with van der Waals surface area (Å²) in [5.74, 6) is 0.769. The van der Waals surface area contributed by atoms with Crippen LogP contribution in [0, 0.1) is 6.92 Å². The molecule has 31 heavy (non-hydrogen) atoms. The molecule has 0 radical (unpaired) electrons. The minimum Gasteiger partial charge on any atom is -0.357 e. The Hall–Kier alpha value is -2.38. The zero-order chi connectivity index (χ0) is 22.9. The van der Waals surface area contributed by atoms with Gasteiger partial charge in [0.25, 0.3) is 0 Å². The summed E-state index contributed by atoms with van der Waals surface area (Å²) in [4.78, 5) is 7.39. The van der Waals surface area contributed by atoms with E-state index in [0.29, 0.717) is 17.5 Å². The summed E-state index contributed by atoms with van der Waals surface area (Å²) in [6.07, 6.45) is 2.23. The normalized spacial score (nSPS) is 13.3. The second-order valence-electron chi connectivity index (χ2n) is 8.03. The molecule has 0 amide bonds. The molecule has 170 valence electrons. The molecule has 2 rings (SSSR count). The molecule has 1 unspecified atom stereocenters. The van der Waals surface area contributed by atoms with Crippen molar-refractivity contribution < 1.29 is 8.42 Å². The van der Waals surface area contributed by atoms with Gasteiger partial charge in [0.15, 0.2) is 15.8 Å². The first kappa shape index (κ1) is 24.9. The monoisotopic (exact) mass is 444 g/mol. The molecule has 0 aliphatic rings. The number of benzene rings is 2. The highest BCUT2D eigenvalue weighted by molar-refractivity contribution is 7.90. The molecule has 0 saturated heterocycles. The lowest BCUT2D eigenvalue weighted by Crippen LogP contribution is -2.40. The van der Waals surface area contributed by atoms with Gasteiger partial charge >= 0.3 is 0 Å². The first-order valence-corrected chi connectivity index (χ1v) is 12.7. The fourth-order valence-corrected chi connectivity index (χ4v) is 4.34. The van der Waals surface area contributed by atoms with Crippen LogP contribution in [-0.4, -0.2) is 51.7 Å². The van der Waals surface area contributed by atoms with Crippen LogP contribution in [0.5, 0.6) is 0 Å². The predicted octanol–water partition coefficient (Wildman–Crippen LogP) is 3.36. The Morgan fingerprint density at radius 2 is 1.81 bits per heavy atom. The van der Waals surface area contributed by atoms with E-state index in [0.717, 1.165) is 43.1 Å². The standard InChI is InChI=1S/C24H36N4O2S/c1-6-25-24(27-17-22-12-13-23(19(2)16-22)31(5,29)30)26-15-14-20(3)28(4)18-21-10-8-7-9-11-21/h7-13,16,20H,6,14-15,17-18H2,1-5H3,(H2,25,26,27). The van der Waals surface area contributed by atoms with Gasteiger partial charge in [-0.2, -0.15) is 0 Å². The minimum atomic E-state index is -3.20. The fourth-order valence-electron chi connectivity index (χ4n) is 3.39. The van der Waals surface area contributed by atoms with Crippen LogP contribution in [0.4, 0.5) is 0 Å². The molecular weight excluding hydrogens is 408 g/mol. The van der Waals surface area contributed by atoms with Crippen LogP contribution in [0.2, 0.25) is 0 Å². The molecule has 0 saturated carbocycles. The van der Waals surface area contributed by atoms with Gasteiger partial charge in [-0.25, -0.2) is 13.4 Å². The Kier molecular flexibility index (Phi) is 9.52. The van der Waals surface area contributed by atoms with Gasteiger partial charge in [0.1, 0.15) is 0 Å². The number of aliphatic imine (C=N–C) groups is 1. The molecule has 2 aromatic carbocycles. The van der Waals surface area contributed by atoms with Gasteiger partial charge in [-0.15, -0.1) is 0 Å². The smallest absolute Gasteiger partial charge is 0.191 e. The van der Waals surface area contributed by atoms with E-state index in [1.807, 2.05) is 32.0 Å². The van der Waals surface area contributed by atoms with E-state index < -0.39 is 9.84 Å². The van der Waals surface area contributed by atoms with Crippen molar-refractivity contribution in [2.24, 2.45) is 4.99 Å². The number of hydrogen-bond acceptors (Lipinski definition) is 4.